The number of hydrogen-bond donors (Lipinski definition) is 2. The molecule has 0 atom stereocenters. The summed E-state index contributed by atoms with van der Waals surface area (Å²) in [6, 6.07) is 12.8. The summed E-state index contributed by atoms with van der Waals surface area (Å²) in [6.45, 7) is 10.7. The molecule has 1 saturated heterocycles. The number of hydrogen-bond acceptors (Lipinski definition) is 4. The first-order valence-electron chi connectivity index (χ1n) is 10.8. The Hall–Kier alpha value is -2.22. The molecule has 31 heavy (non-hydrogen) atoms. The molecule has 0 saturated carbocycles. The Bertz CT molecular complexity index is 1040. The van der Waals surface area contributed by atoms with Gasteiger partial charge in [-0.05, 0) is 82.4 Å². The summed E-state index contributed by atoms with van der Waals surface area (Å²) in [5.74, 6) is -0.277. The number of rotatable bonds is 7. The van der Waals surface area contributed by atoms with Gasteiger partial charge in [0.25, 0.3) is 5.91 Å². The van der Waals surface area contributed by atoms with Crippen LogP contribution in [-0.4, -0.2) is 37.9 Å². The summed E-state index contributed by atoms with van der Waals surface area (Å²) in [5, 5.41) is 2.98. The molecule has 168 valence electrons. The molecule has 1 aliphatic heterocycles. The van der Waals surface area contributed by atoms with Crippen LogP contribution in [0, 0.1) is 6.92 Å². The van der Waals surface area contributed by atoms with Crippen LogP contribution in [0.1, 0.15) is 60.7 Å². The molecule has 0 unspecified atom stereocenters. The number of nitrogens with zero attached hydrogens (tertiary/aromatic N) is 1. The van der Waals surface area contributed by atoms with Crippen molar-refractivity contribution < 1.29 is 13.2 Å². The van der Waals surface area contributed by atoms with E-state index in [9.17, 15) is 13.2 Å². The van der Waals surface area contributed by atoms with E-state index < -0.39 is 15.6 Å². The molecule has 0 aromatic heterocycles. The van der Waals surface area contributed by atoms with Gasteiger partial charge in [-0.1, -0.05) is 30.3 Å². The van der Waals surface area contributed by atoms with Crippen molar-refractivity contribution in [3.8, 4) is 0 Å². The van der Waals surface area contributed by atoms with Gasteiger partial charge in [-0.3, -0.25) is 9.69 Å². The minimum atomic E-state index is -3.71. The van der Waals surface area contributed by atoms with E-state index >= 15 is 0 Å². The minimum absolute atomic E-state index is 0.0904. The molecule has 0 radical (unpaired) electrons. The highest BCUT2D eigenvalue weighted by atomic mass is 32.2. The molecule has 2 N–H and O–H groups in total. The Morgan fingerprint density at radius 2 is 1.68 bits per heavy atom. The zero-order valence-corrected chi connectivity index (χ0v) is 19.7. The van der Waals surface area contributed by atoms with E-state index in [1.807, 2.05) is 25.1 Å². The normalized spacial score (nSPS) is 15.2. The predicted molar refractivity (Wildman–Crippen MR) is 123 cm³/mol. The van der Waals surface area contributed by atoms with Crippen LogP contribution in [0.25, 0.3) is 0 Å². The zero-order chi connectivity index (χ0) is 22.6. The van der Waals surface area contributed by atoms with Gasteiger partial charge in [0, 0.05) is 24.2 Å². The van der Waals surface area contributed by atoms with E-state index in [-0.39, 0.29) is 10.8 Å². The second-order valence-electron chi connectivity index (χ2n) is 9.27. The maximum Gasteiger partial charge on any atom is 0.251 e. The zero-order valence-electron chi connectivity index (χ0n) is 18.9. The summed E-state index contributed by atoms with van der Waals surface area (Å²) in [6.07, 6.45) is 2.48. The summed E-state index contributed by atoms with van der Waals surface area (Å²) in [5.41, 5.74) is 2.79. The van der Waals surface area contributed by atoms with Crippen LogP contribution in [-0.2, 0) is 23.1 Å². The lowest BCUT2D eigenvalue weighted by atomic mass is 10.1. The van der Waals surface area contributed by atoms with Crippen molar-refractivity contribution in [2.75, 3.05) is 13.1 Å². The molecule has 2 aromatic carbocycles. The Morgan fingerprint density at radius 3 is 2.32 bits per heavy atom. The highest BCUT2D eigenvalue weighted by Crippen LogP contribution is 2.19. The minimum Gasteiger partial charge on any atom is -0.348 e. The van der Waals surface area contributed by atoms with E-state index in [1.54, 1.807) is 26.8 Å². The fourth-order valence-corrected chi connectivity index (χ4v) is 5.26. The molecule has 0 spiro atoms. The Balaban J connectivity index is 1.74. The molecule has 1 heterocycles. The third-order valence-corrected chi connectivity index (χ3v) is 7.11. The predicted octanol–water partition coefficient (Wildman–Crippen LogP) is 3.60. The number of nitrogens with one attached hydrogen (secondary N) is 2. The van der Waals surface area contributed by atoms with Crippen molar-refractivity contribution in [3.05, 3.63) is 64.7 Å². The summed E-state index contributed by atoms with van der Waals surface area (Å²) < 4.78 is 28.0. The number of amides is 1. The van der Waals surface area contributed by atoms with E-state index in [1.165, 1.54) is 30.5 Å². The monoisotopic (exact) mass is 443 g/mol. The third-order valence-electron chi connectivity index (χ3n) is 5.35. The number of likely N-dealkylation sites (tertiary alicyclic amines) is 1. The lowest BCUT2D eigenvalue weighted by Crippen LogP contribution is -2.40. The quantitative estimate of drug-likeness (QED) is 0.685. The smallest absolute Gasteiger partial charge is 0.251 e. The standard InChI is InChI=1S/C24H33N3O3S/c1-18-11-12-21(31(29,30)26-24(2,3)4)15-22(18)23(28)25-16-19-9-5-6-10-20(19)17-27-13-7-8-14-27/h5-6,9-12,15,26H,7-8,13-14,16-17H2,1-4H3,(H,25,28). The van der Waals surface area contributed by atoms with Crippen LogP contribution in [0.2, 0.25) is 0 Å². The first kappa shape index (κ1) is 23.4. The van der Waals surface area contributed by atoms with Gasteiger partial charge < -0.3 is 5.32 Å². The van der Waals surface area contributed by atoms with E-state index in [4.69, 9.17) is 0 Å². The molecular formula is C24H33N3O3S. The molecule has 1 amide bonds. The average molecular weight is 444 g/mol. The Kier molecular flexibility index (Phi) is 7.19. The second kappa shape index (κ2) is 9.51. The van der Waals surface area contributed by atoms with E-state index in [0.29, 0.717) is 12.1 Å². The topological polar surface area (TPSA) is 78.5 Å². The Labute approximate surface area is 186 Å². The van der Waals surface area contributed by atoms with Crippen LogP contribution in [0.5, 0.6) is 0 Å². The van der Waals surface area contributed by atoms with E-state index in [0.717, 1.165) is 30.8 Å². The van der Waals surface area contributed by atoms with Crippen LogP contribution in [0.4, 0.5) is 0 Å². The third kappa shape index (κ3) is 6.38. The molecule has 1 aliphatic rings. The van der Waals surface area contributed by atoms with Gasteiger partial charge >= 0.3 is 0 Å². The highest BCUT2D eigenvalue weighted by molar-refractivity contribution is 7.89. The van der Waals surface area contributed by atoms with Crippen molar-refractivity contribution in [3.63, 3.8) is 0 Å². The lowest BCUT2D eigenvalue weighted by molar-refractivity contribution is 0.0950. The fraction of sp³-hybridized carbons (Fsp3) is 0.458. The Morgan fingerprint density at radius 1 is 1.03 bits per heavy atom. The number of aryl methyl sites for hydroxylation is 1. The molecule has 6 nitrogen and oxygen atoms in total. The summed E-state index contributed by atoms with van der Waals surface area (Å²) in [4.78, 5) is 15.4. The van der Waals surface area contributed by atoms with Gasteiger partial charge in [-0.25, -0.2) is 13.1 Å². The summed E-state index contributed by atoms with van der Waals surface area (Å²) in [7, 11) is -3.71. The number of sulfonamides is 1. The van der Waals surface area contributed by atoms with Gasteiger partial charge in [0.05, 0.1) is 4.90 Å². The maximum absolute atomic E-state index is 12.9. The van der Waals surface area contributed by atoms with Crippen LogP contribution in [0.15, 0.2) is 47.4 Å². The first-order chi connectivity index (χ1) is 14.5. The van der Waals surface area contributed by atoms with Gasteiger partial charge in [0.1, 0.15) is 0 Å². The fourth-order valence-electron chi connectivity index (χ4n) is 3.81. The van der Waals surface area contributed by atoms with Crippen molar-refractivity contribution in [1.29, 1.82) is 0 Å². The number of carbonyl (C=O) groups is 1. The molecular weight excluding hydrogens is 410 g/mol. The number of benzene rings is 2. The number of carbonyl (C=O) groups excluding carboxylic acids is 1. The van der Waals surface area contributed by atoms with Gasteiger partial charge in [-0.15, -0.1) is 0 Å². The molecule has 7 heteroatoms. The van der Waals surface area contributed by atoms with Gasteiger partial charge in [0.2, 0.25) is 10.0 Å². The largest absolute Gasteiger partial charge is 0.348 e. The molecule has 0 bridgehead atoms. The van der Waals surface area contributed by atoms with Crippen molar-refractivity contribution in [1.82, 2.24) is 14.9 Å². The van der Waals surface area contributed by atoms with Crippen LogP contribution >= 0.6 is 0 Å². The van der Waals surface area contributed by atoms with Crippen molar-refractivity contribution in [2.45, 2.75) is 64.1 Å². The van der Waals surface area contributed by atoms with Crippen LogP contribution < -0.4 is 10.0 Å². The van der Waals surface area contributed by atoms with E-state index in [2.05, 4.69) is 21.0 Å². The summed E-state index contributed by atoms with van der Waals surface area (Å²) >= 11 is 0. The SMILES string of the molecule is Cc1ccc(S(=O)(=O)NC(C)(C)C)cc1C(=O)NCc1ccccc1CN1CCCC1. The van der Waals surface area contributed by atoms with Crippen molar-refractivity contribution in [2.24, 2.45) is 0 Å². The molecule has 1 fully saturated rings. The molecule has 0 aliphatic carbocycles. The van der Waals surface area contributed by atoms with Crippen LogP contribution in [0.3, 0.4) is 0 Å². The highest BCUT2D eigenvalue weighted by Gasteiger charge is 2.23. The van der Waals surface area contributed by atoms with Gasteiger partial charge in [-0.2, -0.15) is 0 Å². The van der Waals surface area contributed by atoms with Crippen molar-refractivity contribution >= 4 is 15.9 Å². The lowest BCUT2D eigenvalue weighted by Gasteiger charge is -2.21. The first-order valence-corrected chi connectivity index (χ1v) is 12.3. The maximum atomic E-state index is 12.9. The second-order valence-corrected chi connectivity index (χ2v) is 10.9. The molecule has 3 rings (SSSR count). The molecule has 2 aromatic rings. The van der Waals surface area contributed by atoms with Gasteiger partial charge in [0.15, 0.2) is 0 Å². The average Bonchev–Trinajstić information content (AvgIpc) is 3.18.